The number of aliphatic imine (C=N–C) groups is 1. The summed E-state index contributed by atoms with van der Waals surface area (Å²) in [7, 11) is 0. The van der Waals surface area contributed by atoms with Crippen molar-refractivity contribution in [1.82, 2.24) is 42.5 Å². The number of carboxylic acids is 3. The molecule has 0 rings (SSSR count). The molecule has 70 heavy (non-hydrogen) atoms. The normalized spacial score (nSPS) is 15.3. The van der Waals surface area contributed by atoms with Crippen molar-refractivity contribution >= 4 is 71.1 Å². The van der Waals surface area contributed by atoms with E-state index in [0.29, 0.717) is 19.3 Å². The number of aliphatic carboxylic acids is 3. The Kier molecular flexibility index (Phi) is 29.8. The van der Waals surface area contributed by atoms with Gasteiger partial charge in [0.2, 0.25) is 47.3 Å². The van der Waals surface area contributed by atoms with Crippen molar-refractivity contribution < 1.29 is 73.2 Å². The zero-order chi connectivity index (χ0) is 53.8. The van der Waals surface area contributed by atoms with Crippen LogP contribution in [0.1, 0.15) is 106 Å². The van der Waals surface area contributed by atoms with Crippen LogP contribution in [0.2, 0.25) is 0 Å². The molecule has 0 bridgehead atoms. The maximum absolute atomic E-state index is 13.9. The van der Waals surface area contributed by atoms with Crippen LogP contribution in [0.15, 0.2) is 4.99 Å². The van der Waals surface area contributed by atoms with Gasteiger partial charge in [0, 0.05) is 19.4 Å². The van der Waals surface area contributed by atoms with E-state index in [1.54, 1.807) is 27.7 Å². The molecule has 0 aliphatic heterocycles. The lowest BCUT2D eigenvalue weighted by atomic mass is 9.97. The van der Waals surface area contributed by atoms with Gasteiger partial charge in [-0.1, -0.05) is 34.1 Å². The van der Waals surface area contributed by atoms with Crippen LogP contribution in [-0.4, -0.2) is 166 Å². The highest BCUT2D eigenvalue weighted by atomic mass is 16.4. The first-order chi connectivity index (χ1) is 32.7. The van der Waals surface area contributed by atoms with Gasteiger partial charge >= 0.3 is 17.9 Å². The van der Waals surface area contributed by atoms with Gasteiger partial charge in [0.1, 0.15) is 48.3 Å². The molecule has 20 N–H and O–H groups in total. The molecule has 0 fully saturated rings. The van der Waals surface area contributed by atoms with Gasteiger partial charge in [-0.05, 0) is 77.2 Å². The minimum absolute atomic E-state index is 0.00133. The largest absolute Gasteiger partial charge is 0.481 e. The number of unbranched alkanes of at least 4 members (excludes halogenated alkanes) is 1. The number of amides is 8. The number of aliphatic hydroxyl groups excluding tert-OH is 1. The third-order valence-corrected chi connectivity index (χ3v) is 10.7. The number of hydrogen-bond donors (Lipinski definition) is 16. The molecule has 0 aromatic rings. The van der Waals surface area contributed by atoms with Crippen molar-refractivity contribution in [2.24, 2.45) is 39.8 Å². The number of rotatable bonds is 35. The molecule has 0 aliphatic rings. The van der Waals surface area contributed by atoms with Crippen molar-refractivity contribution in [2.45, 2.75) is 160 Å². The van der Waals surface area contributed by atoms with Gasteiger partial charge < -0.3 is 85.9 Å². The lowest BCUT2D eigenvalue weighted by Gasteiger charge is -2.28. The van der Waals surface area contributed by atoms with Gasteiger partial charge in [0.15, 0.2) is 5.96 Å². The number of carboxylic acid groups (broad SMARTS) is 3. The van der Waals surface area contributed by atoms with Crippen LogP contribution < -0.4 is 65.5 Å². The predicted octanol–water partition coefficient (Wildman–Crippen LogP) is -5.08. The Morgan fingerprint density at radius 2 is 0.943 bits per heavy atom. The fourth-order valence-electron chi connectivity index (χ4n) is 6.31. The number of nitrogens with zero attached hydrogens (tertiary/aromatic N) is 1. The van der Waals surface area contributed by atoms with E-state index < -0.39 is 158 Å². The molecular weight excluding hydrogens is 927 g/mol. The van der Waals surface area contributed by atoms with Gasteiger partial charge in [-0.2, -0.15) is 0 Å². The smallest absolute Gasteiger partial charge is 0.326 e. The number of carbonyl (C=O) groups excluding carboxylic acids is 8. The SMILES string of the molecule is CC[C@H](C)[C@H](NC(=O)[C@H](C)N)C(=O)N[C@@H](C)C(=O)N[C@H](C(=O)N[C@@H](CO)C(=O)N[C@@H](CCCN=C(N)N)C(=O)N[C@@H](CCC(=O)O)C(=O)N[C@@H](CCC(=O)O)C(=O)N[C@@H](CCCCN)C(=O)O)C(C)C. The first-order valence-electron chi connectivity index (χ1n) is 22.9. The zero-order valence-electron chi connectivity index (χ0n) is 40.6. The number of nitrogens with one attached hydrogen (secondary N) is 8. The fraction of sp³-hybridized carbons (Fsp3) is 0.714. The summed E-state index contributed by atoms with van der Waals surface area (Å²) < 4.78 is 0. The van der Waals surface area contributed by atoms with Gasteiger partial charge in [0.05, 0.1) is 12.6 Å². The zero-order valence-corrected chi connectivity index (χ0v) is 40.6. The number of hydrogen-bond acceptors (Lipinski definition) is 15. The van der Waals surface area contributed by atoms with Gasteiger partial charge in [-0.25, -0.2) is 4.79 Å². The van der Waals surface area contributed by atoms with Gasteiger partial charge in [0.25, 0.3) is 0 Å². The van der Waals surface area contributed by atoms with Crippen molar-refractivity contribution in [1.29, 1.82) is 0 Å². The quantitative estimate of drug-likeness (QED) is 0.0160. The minimum atomic E-state index is -1.77. The Morgan fingerprint density at radius 1 is 0.514 bits per heavy atom. The number of aliphatic hydroxyl groups is 1. The fourth-order valence-corrected chi connectivity index (χ4v) is 6.31. The van der Waals surface area contributed by atoms with Crippen molar-refractivity contribution in [3.05, 3.63) is 0 Å². The van der Waals surface area contributed by atoms with Crippen LogP contribution >= 0.6 is 0 Å². The van der Waals surface area contributed by atoms with E-state index in [0.717, 1.165) is 0 Å². The predicted molar refractivity (Wildman–Crippen MR) is 250 cm³/mol. The molecule has 0 radical (unpaired) electrons. The lowest BCUT2D eigenvalue weighted by Crippen LogP contribution is -2.61. The molecule has 8 amide bonds. The summed E-state index contributed by atoms with van der Waals surface area (Å²) in [5, 5.41) is 57.7. The maximum atomic E-state index is 13.9. The second kappa shape index (κ2) is 33.0. The summed E-state index contributed by atoms with van der Waals surface area (Å²) in [6.45, 7) is 8.49. The van der Waals surface area contributed by atoms with Crippen LogP contribution in [0.5, 0.6) is 0 Å². The van der Waals surface area contributed by atoms with Gasteiger partial charge in [-0.15, -0.1) is 0 Å². The Bertz CT molecular complexity index is 1830. The standard InChI is InChI=1S/C42H75N13O15/c1-7-21(4)32(55-33(61)22(5)44)40(68)48-23(6)34(62)54-31(20(2)3)39(67)53-28(19-56)38(66)49-24(12-10-18-47-42(45)46)35(63)50-25(13-15-29(57)58)36(64)51-26(14-16-30(59)60)37(65)52-27(41(69)70)11-8-9-17-43/h20-28,31-32,56H,7-19,43-44H2,1-6H3,(H,48,68)(H,49,66)(H,50,63)(H,51,64)(H,52,65)(H,53,67)(H,54,62)(H,55,61)(H,57,58)(H,59,60)(H,69,70)(H4,45,46,47)/t21-,22-,23-,24-,25-,26-,27-,28-,31-,32-/m0/s1. The van der Waals surface area contributed by atoms with E-state index in [-0.39, 0.29) is 44.2 Å². The molecular formula is C42H75N13O15. The van der Waals surface area contributed by atoms with Crippen LogP contribution in [0, 0.1) is 11.8 Å². The molecule has 398 valence electrons. The molecule has 0 aliphatic carbocycles. The first kappa shape index (κ1) is 63.3. The molecule has 0 aromatic heterocycles. The molecule has 10 atom stereocenters. The van der Waals surface area contributed by atoms with E-state index in [4.69, 9.17) is 22.9 Å². The Balaban J connectivity index is 6.49. The number of guanidine groups is 1. The summed E-state index contributed by atoms with van der Waals surface area (Å²) in [4.78, 5) is 146. The first-order valence-corrected chi connectivity index (χ1v) is 22.9. The third kappa shape index (κ3) is 24.6. The highest BCUT2D eigenvalue weighted by Gasteiger charge is 2.35. The number of carbonyl (C=O) groups is 11. The topological polar surface area (TPSA) is 481 Å². The van der Waals surface area contributed by atoms with E-state index >= 15 is 0 Å². The average Bonchev–Trinajstić information content (AvgIpc) is 3.28. The van der Waals surface area contributed by atoms with Crippen molar-refractivity contribution in [3.63, 3.8) is 0 Å². The summed E-state index contributed by atoms with van der Waals surface area (Å²) in [6, 6.07) is -12.8. The second-order valence-corrected chi connectivity index (χ2v) is 17.0. The average molecular weight is 1000 g/mol. The molecule has 0 saturated heterocycles. The van der Waals surface area contributed by atoms with Gasteiger partial charge in [-0.3, -0.25) is 52.9 Å². The van der Waals surface area contributed by atoms with Crippen LogP contribution in [0.3, 0.4) is 0 Å². The van der Waals surface area contributed by atoms with Crippen LogP contribution in [0.4, 0.5) is 0 Å². The highest BCUT2D eigenvalue weighted by Crippen LogP contribution is 2.11. The second-order valence-electron chi connectivity index (χ2n) is 17.0. The monoisotopic (exact) mass is 1000 g/mol. The molecule has 0 spiro atoms. The summed E-state index contributed by atoms with van der Waals surface area (Å²) in [6.07, 6.45) is -1.67. The van der Waals surface area contributed by atoms with E-state index in [9.17, 15) is 73.2 Å². The molecule has 0 unspecified atom stereocenters. The summed E-state index contributed by atoms with van der Waals surface area (Å²) in [5.41, 5.74) is 21.9. The van der Waals surface area contributed by atoms with E-state index in [1.807, 2.05) is 0 Å². The van der Waals surface area contributed by atoms with Crippen molar-refractivity contribution in [2.75, 3.05) is 19.7 Å². The van der Waals surface area contributed by atoms with E-state index in [1.165, 1.54) is 13.8 Å². The Labute approximate surface area is 405 Å². The lowest BCUT2D eigenvalue weighted by molar-refractivity contribution is -0.143. The van der Waals surface area contributed by atoms with Crippen LogP contribution in [-0.2, 0) is 52.7 Å². The van der Waals surface area contributed by atoms with Crippen LogP contribution in [0.25, 0.3) is 0 Å². The summed E-state index contributed by atoms with van der Waals surface area (Å²) in [5.74, 6) is -13.1. The molecule has 28 heteroatoms. The number of nitrogens with two attached hydrogens (primary N) is 4. The maximum Gasteiger partial charge on any atom is 0.326 e. The van der Waals surface area contributed by atoms with E-state index in [2.05, 4.69) is 47.5 Å². The third-order valence-electron chi connectivity index (χ3n) is 10.7. The Morgan fingerprint density at radius 3 is 1.36 bits per heavy atom. The molecule has 0 aromatic carbocycles. The highest BCUT2D eigenvalue weighted by molar-refractivity contribution is 5.98. The van der Waals surface area contributed by atoms with Crippen molar-refractivity contribution in [3.8, 4) is 0 Å². The minimum Gasteiger partial charge on any atom is -0.481 e. The molecule has 0 heterocycles. The Hall–Kier alpha value is -6.68. The summed E-state index contributed by atoms with van der Waals surface area (Å²) >= 11 is 0. The molecule has 0 saturated carbocycles. The molecule has 28 nitrogen and oxygen atoms in total.